The van der Waals surface area contributed by atoms with Crippen LogP contribution in [0.4, 0.5) is 9.18 Å². The molecule has 0 bridgehead atoms. The number of rotatable bonds is 3. The largest absolute Gasteiger partial charge is 0.327 e. The Bertz CT molecular complexity index is 809. The summed E-state index contributed by atoms with van der Waals surface area (Å²) < 4.78 is 14.4. The minimum absolute atomic E-state index is 0.274. The predicted octanol–water partition coefficient (Wildman–Crippen LogP) is 3.64. The molecule has 0 saturated heterocycles. The number of nitrogens with zero attached hydrogens (tertiary/aromatic N) is 3. The second-order valence-electron chi connectivity index (χ2n) is 5.57. The number of aromatic nitrogens is 3. The summed E-state index contributed by atoms with van der Waals surface area (Å²) in [5, 5.41) is 5.60. The average Bonchev–Trinajstić information content (AvgIpc) is 3.20. The van der Waals surface area contributed by atoms with Gasteiger partial charge in [0.1, 0.15) is 17.2 Å². The van der Waals surface area contributed by atoms with Crippen LogP contribution in [0.2, 0.25) is 0 Å². The Morgan fingerprint density at radius 2 is 2.04 bits per heavy atom. The van der Waals surface area contributed by atoms with E-state index < -0.39 is 5.54 Å². The molecule has 23 heavy (non-hydrogen) atoms. The second kappa shape index (κ2) is 5.92. The number of carbonyl (C=O) groups is 1. The molecular weight excluding hydrogens is 315 g/mol. The topological polar surface area (TPSA) is 59.8 Å². The molecule has 7 heteroatoms. The van der Waals surface area contributed by atoms with Crippen molar-refractivity contribution in [1.29, 1.82) is 0 Å². The zero-order valence-corrected chi connectivity index (χ0v) is 13.5. The highest BCUT2D eigenvalue weighted by atomic mass is 32.1. The van der Waals surface area contributed by atoms with Crippen molar-refractivity contribution in [2.24, 2.45) is 0 Å². The van der Waals surface area contributed by atoms with Crippen molar-refractivity contribution in [2.45, 2.75) is 19.4 Å². The van der Waals surface area contributed by atoms with E-state index in [0.29, 0.717) is 0 Å². The van der Waals surface area contributed by atoms with E-state index in [0.717, 1.165) is 16.3 Å². The number of benzene rings is 1. The lowest BCUT2D eigenvalue weighted by Gasteiger charge is -2.24. The summed E-state index contributed by atoms with van der Waals surface area (Å²) in [6, 6.07) is 5.92. The molecule has 2 aromatic heterocycles. The molecular formula is C16H15FN4OS. The molecule has 118 valence electrons. The first-order chi connectivity index (χ1) is 11.0. The molecule has 0 fully saturated rings. The first-order valence-corrected chi connectivity index (χ1v) is 7.86. The van der Waals surface area contributed by atoms with Crippen LogP contribution >= 0.6 is 11.3 Å². The molecule has 0 aliphatic heterocycles. The summed E-state index contributed by atoms with van der Waals surface area (Å²) >= 11 is 1.46. The summed E-state index contributed by atoms with van der Waals surface area (Å²) in [7, 11) is 0. The molecule has 0 aliphatic carbocycles. The van der Waals surface area contributed by atoms with Crippen LogP contribution in [-0.2, 0) is 5.54 Å². The zero-order valence-electron chi connectivity index (χ0n) is 12.7. The van der Waals surface area contributed by atoms with Crippen LogP contribution in [0.25, 0.3) is 10.6 Å². The van der Waals surface area contributed by atoms with Gasteiger partial charge in [-0.2, -0.15) is 0 Å². The van der Waals surface area contributed by atoms with Crippen LogP contribution < -0.4 is 5.32 Å². The van der Waals surface area contributed by atoms with Crippen molar-refractivity contribution >= 4 is 17.4 Å². The van der Waals surface area contributed by atoms with Crippen LogP contribution in [0.5, 0.6) is 0 Å². The fourth-order valence-electron chi connectivity index (χ4n) is 2.06. The third-order valence-corrected chi connectivity index (χ3v) is 4.29. The molecule has 0 saturated carbocycles. The van der Waals surface area contributed by atoms with Gasteiger partial charge in [0.2, 0.25) is 0 Å². The lowest BCUT2D eigenvalue weighted by Crippen LogP contribution is -2.43. The standard InChI is InChI=1S/C16H15FN4OS/c1-16(2,20-15(22)21-8-7-18-10-21)13-9-23-14(19-13)11-3-5-12(17)6-4-11/h3-10H,1-2H3,(H,20,22). The van der Waals surface area contributed by atoms with E-state index in [9.17, 15) is 9.18 Å². The van der Waals surface area contributed by atoms with E-state index in [2.05, 4.69) is 15.3 Å². The molecule has 0 spiro atoms. The maximum atomic E-state index is 13.0. The number of amides is 1. The van der Waals surface area contributed by atoms with Crippen molar-refractivity contribution in [1.82, 2.24) is 19.9 Å². The van der Waals surface area contributed by atoms with Crippen molar-refractivity contribution in [3.8, 4) is 10.6 Å². The Morgan fingerprint density at radius 1 is 1.30 bits per heavy atom. The molecule has 2 heterocycles. The molecule has 5 nitrogen and oxygen atoms in total. The third kappa shape index (κ3) is 3.29. The van der Waals surface area contributed by atoms with Crippen LogP contribution in [0.15, 0.2) is 48.4 Å². The quantitative estimate of drug-likeness (QED) is 0.797. The minimum atomic E-state index is -0.643. The van der Waals surface area contributed by atoms with Gasteiger partial charge in [0.25, 0.3) is 0 Å². The van der Waals surface area contributed by atoms with E-state index in [1.165, 1.54) is 34.4 Å². The normalized spacial score (nSPS) is 11.4. The highest BCUT2D eigenvalue weighted by Gasteiger charge is 2.26. The Labute approximate surface area is 136 Å². The average molecular weight is 330 g/mol. The predicted molar refractivity (Wildman–Crippen MR) is 86.7 cm³/mol. The first-order valence-electron chi connectivity index (χ1n) is 6.98. The van der Waals surface area contributed by atoms with Gasteiger partial charge in [-0.05, 0) is 38.1 Å². The van der Waals surface area contributed by atoms with E-state index in [-0.39, 0.29) is 11.8 Å². The number of hydrogen-bond acceptors (Lipinski definition) is 4. The van der Waals surface area contributed by atoms with Crippen molar-refractivity contribution in [3.05, 3.63) is 59.9 Å². The highest BCUT2D eigenvalue weighted by Crippen LogP contribution is 2.29. The lowest BCUT2D eigenvalue weighted by molar-refractivity contribution is 0.231. The van der Waals surface area contributed by atoms with Gasteiger partial charge >= 0.3 is 6.03 Å². The van der Waals surface area contributed by atoms with Crippen LogP contribution in [0.3, 0.4) is 0 Å². The second-order valence-corrected chi connectivity index (χ2v) is 6.43. The molecule has 1 amide bonds. The van der Waals surface area contributed by atoms with Gasteiger partial charge in [0, 0.05) is 23.3 Å². The van der Waals surface area contributed by atoms with Crippen molar-refractivity contribution in [2.75, 3.05) is 0 Å². The Kier molecular flexibility index (Phi) is 3.96. The molecule has 1 aromatic carbocycles. The van der Waals surface area contributed by atoms with Crippen LogP contribution in [-0.4, -0.2) is 20.6 Å². The molecule has 3 aromatic rings. The number of halogens is 1. The molecule has 0 radical (unpaired) electrons. The van der Waals surface area contributed by atoms with Gasteiger partial charge in [0.05, 0.1) is 11.2 Å². The van der Waals surface area contributed by atoms with E-state index in [4.69, 9.17) is 0 Å². The van der Waals surface area contributed by atoms with E-state index >= 15 is 0 Å². The highest BCUT2D eigenvalue weighted by molar-refractivity contribution is 7.13. The molecule has 3 rings (SSSR count). The fourth-order valence-corrected chi connectivity index (χ4v) is 3.05. The Balaban J connectivity index is 1.80. The maximum absolute atomic E-state index is 13.0. The van der Waals surface area contributed by atoms with Crippen LogP contribution in [0, 0.1) is 5.82 Å². The Morgan fingerprint density at radius 3 is 2.70 bits per heavy atom. The number of nitrogens with one attached hydrogen (secondary N) is 1. The molecule has 0 atom stereocenters. The summed E-state index contributed by atoms with van der Waals surface area (Å²) in [5.74, 6) is -0.279. The monoisotopic (exact) mass is 330 g/mol. The number of carbonyl (C=O) groups excluding carboxylic acids is 1. The van der Waals surface area contributed by atoms with Gasteiger partial charge in [-0.25, -0.2) is 19.2 Å². The van der Waals surface area contributed by atoms with Crippen molar-refractivity contribution < 1.29 is 9.18 Å². The first kappa shape index (κ1) is 15.4. The van der Waals surface area contributed by atoms with Crippen LogP contribution in [0.1, 0.15) is 19.5 Å². The SMILES string of the molecule is CC(C)(NC(=O)n1ccnc1)c1csc(-c2ccc(F)cc2)n1. The molecule has 1 N–H and O–H groups in total. The number of hydrogen-bond donors (Lipinski definition) is 1. The smallest absolute Gasteiger partial charge is 0.327 e. The van der Waals surface area contributed by atoms with Gasteiger partial charge in [-0.15, -0.1) is 11.3 Å². The minimum Gasteiger partial charge on any atom is -0.327 e. The summed E-state index contributed by atoms with van der Waals surface area (Å²) in [4.78, 5) is 20.6. The summed E-state index contributed by atoms with van der Waals surface area (Å²) in [6.07, 6.45) is 4.56. The van der Waals surface area contributed by atoms with Gasteiger partial charge < -0.3 is 5.32 Å². The summed E-state index contributed by atoms with van der Waals surface area (Å²) in [6.45, 7) is 3.76. The number of imidazole rings is 1. The zero-order chi connectivity index (χ0) is 16.4. The van der Waals surface area contributed by atoms with Gasteiger partial charge in [-0.1, -0.05) is 0 Å². The van der Waals surface area contributed by atoms with Gasteiger partial charge in [0.15, 0.2) is 0 Å². The number of thiazole rings is 1. The van der Waals surface area contributed by atoms with Gasteiger partial charge in [-0.3, -0.25) is 4.57 Å². The maximum Gasteiger partial charge on any atom is 0.327 e. The molecule has 0 aliphatic rings. The van der Waals surface area contributed by atoms with Crippen molar-refractivity contribution in [3.63, 3.8) is 0 Å². The van der Waals surface area contributed by atoms with E-state index in [1.54, 1.807) is 24.5 Å². The fraction of sp³-hybridized carbons (Fsp3) is 0.188. The Hall–Kier alpha value is -2.54. The lowest BCUT2D eigenvalue weighted by atomic mass is 10.0. The van der Waals surface area contributed by atoms with E-state index in [1.807, 2.05) is 19.2 Å². The third-order valence-electron chi connectivity index (χ3n) is 3.39. The molecule has 0 unspecified atom stereocenters. The summed E-state index contributed by atoms with van der Waals surface area (Å²) in [5.41, 5.74) is 0.950.